The van der Waals surface area contributed by atoms with Crippen LogP contribution in [0.3, 0.4) is 0 Å². The van der Waals surface area contributed by atoms with Crippen LogP contribution >= 0.6 is 0 Å². The third-order valence-electron chi connectivity index (χ3n) is 7.63. The molecule has 0 spiro atoms. The third-order valence-corrected chi connectivity index (χ3v) is 7.63. The van der Waals surface area contributed by atoms with E-state index in [1.165, 1.54) is 25.7 Å². The van der Waals surface area contributed by atoms with Crippen molar-refractivity contribution < 1.29 is 9.63 Å². The van der Waals surface area contributed by atoms with Gasteiger partial charge in [0.05, 0.1) is 11.4 Å². The van der Waals surface area contributed by atoms with Gasteiger partial charge in [0, 0.05) is 36.8 Å². The maximum absolute atomic E-state index is 13.1. The summed E-state index contributed by atoms with van der Waals surface area (Å²) in [6.45, 7) is 32.5. The number of allylic oxidation sites excluding steroid dienone is 5. The second-order valence-electron chi connectivity index (χ2n) is 11.2. The van der Waals surface area contributed by atoms with Crippen LogP contribution in [0.25, 0.3) is 0 Å². The smallest absolute Gasteiger partial charge is 0.230 e. The molecule has 1 atom stereocenters. The summed E-state index contributed by atoms with van der Waals surface area (Å²) in [5, 5.41) is 5.12. The lowest BCUT2D eigenvalue weighted by Crippen LogP contribution is -2.28. The first-order valence-corrected chi connectivity index (χ1v) is 14.9. The maximum atomic E-state index is 13.1. The zero-order valence-corrected chi connectivity index (χ0v) is 24.8. The first-order chi connectivity index (χ1) is 18.6. The molecule has 1 N–H and O–H groups in total. The molecule has 216 valence electrons. The Hall–Kier alpha value is -2.95. The number of amides is 1. The van der Waals surface area contributed by atoms with E-state index in [4.69, 9.17) is 4.84 Å². The summed E-state index contributed by atoms with van der Waals surface area (Å²) in [4.78, 5) is 20.7. The molecule has 2 aliphatic heterocycles. The molecule has 2 rings (SSSR count). The molecule has 0 aromatic heterocycles. The summed E-state index contributed by atoms with van der Waals surface area (Å²) in [5.74, 6) is 0.799. The number of hydroxylamine groups is 2. The van der Waals surface area contributed by atoms with Gasteiger partial charge in [0.15, 0.2) is 0 Å². The average molecular weight is 536 g/mol. The number of nitrogens with one attached hydrogen (secondary N) is 1. The van der Waals surface area contributed by atoms with Crippen molar-refractivity contribution in [1.82, 2.24) is 15.3 Å². The summed E-state index contributed by atoms with van der Waals surface area (Å²) in [5.41, 5.74) is 5.64. The zero-order valence-electron chi connectivity index (χ0n) is 24.8. The third kappa shape index (κ3) is 11.0. The highest BCUT2D eigenvalue weighted by atomic mass is 16.7. The van der Waals surface area contributed by atoms with Crippen LogP contribution < -0.4 is 5.32 Å². The van der Waals surface area contributed by atoms with Gasteiger partial charge in [-0.25, -0.2) is 0 Å². The zero-order chi connectivity index (χ0) is 28.8. The van der Waals surface area contributed by atoms with E-state index in [1.54, 1.807) is 5.06 Å². The Morgan fingerprint density at radius 3 is 2.15 bits per heavy atom. The van der Waals surface area contributed by atoms with Gasteiger partial charge in [-0.3, -0.25) is 4.79 Å². The van der Waals surface area contributed by atoms with E-state index < -0.39 is 0 Å². The van der Waals surface area contributed by atoms with E-state index in [2.05, 4.69) is 58.3 Å². The predicted molar refractivity (Wildman–Crippen MR) is 165 cm³/mol. The van der Waals surface area contributed by atoms with Crippen LogP contribution in [0.5, 0.6) is 0 Å². The Bertz CT molecular complexity index is 928. The minimum atomic E-state index is -0.105. The lowest BCUT2D eigenvalue weighted by atomic mass is 9.96. The molecule has 2 heterocycles. The van der Waals surface area contributed by atoms with E-state index in [9.17, 15) is 4.79 Å². The normalized spacial score (nSPS) is 17.2. The van der Waals surface area contributed by atoms with E-state index >= 15 is 0 Å². The van der Waals surface area contributed by atoms with Gasteiger partial charge in [0.25, 0.3) is 0 Å². The predicted octanol–water partition coefficient (Wildman–Crippen LogP) is 8.83. The summed E-state index contributed by atoms with van der Waals surface area (Å²) >= 11 is 0. The first kappa shape index (κ1) is 32.3. The average Bonchev–Trinajstić information content (AvgIpc) is 3.35. The number of carbonyl (C=O) groups excluding carboxylic acids is 1. The van der Waals surface area contributed by atoms with Crippen LogP contribution in [0, 0.1) is 5.92 Å². The molecule has 5 nitrogen and oxygen atoms in total. The Balaban J connectivity index is 1.57. The molecule has 2 aliphatic rings. The molecule has 5 heteroatoms. The quantitative estimate of drug-likeness (QED) is 0.0690. The van der Waals surface area contributed by atoms with Crippen LogP contribution in [-0.4, -0.2) is 29.0 Å². The Morgan fingerprint density at radius 1 is 0.872 bits per heavy atom. The maximum Gasteiger partial charge on any atom is 0.230 e. The Kier molecular flexibility index (Phi) is 14.0. The molecule has 2 saturated heterocycles. The highest BCUT2D eigenvalue weighted by Gasteiger charge is 2.35. The second-order valence-corrected chi connectivity index (χ2v) is 11.2. The van der Waals surface area contributed by atoms with E-state index in [1.807, 2.05) is 4.90 Å². The summed E-state index contributed by atoms with van der Waals surface area (Å²) in [6, 6.07) is 0. The van der Waals surface area contributed by atoms with Gasteiger partial charge in [-0.05, 0) is 56.9 Å². The fourth-order valence-electron chi connectivity index (χ4n) is 5.09. The highest BCUT2D eigenvalue weighted by Crippen LogP contribution is 2.33. The van der Waals surface area contributed by atoms with Crippen LogP contribution in [0.1, 0.15) is 103 Å². The van der Waals surface area contributed by atoms with Crippen molar-refractivity contribution in [1.29, 1.82) is 0 Å². The number of carbonyl (C=O) groups is 1. The molecule has 2 fully saturated rings. The van der Waals surface area contributed by atoms with E-state index in [-0.39, 0.29) is 11.8 Å². The molecule has 0 radical (unpaired) electrons. The fraction of sp³-hybridized carbons (Fsp3) is 0.559. The van der Waals surface area contributed by atoms with Crippen LogP contribution in [-0.2, 0) is 9.63 Å². The molecule has 0 aliphatic carbocycles. The standard InChI is InChI=1S/C34H53N3O2/c1-9-10-11-12-15-18-26(2)25-36-30(6)24-33(34(36)38)23-27(3)32(8)35-22-17-14-13-16-19-31(7)39-37-28(4)20-21-29(37)5/h33,35H,2-25H2,1H3. The molecule has 39 heavy (non-hydrogen) atoms. The van der Waals surface area contributed by atoms with Crippen LogP contribution in [0.15, 0.2) is 85.7 Å². The molecular formula is C34H53N3O2. The van der Waals surface area contributed by atoms with Gasteiger partial charge in [0.1, 0.15) is 5.76 Å². The first-order valence-electron chi connectivity index (χ1n) is 14.9. The van der Waals surface area contributed by atoms with Gasteiger partial charge >= 0.3 is 0 Å². The van der Waals surface area contributed by atoms with Crippen LogP contribution in [0.4, 0.5) is 0 Å². The van der Waals surface area contributed by atoms with Crippen LogP contribution in [0.2, 0.25) is 0 Å². The van der Waals surface area contributed by atoms with Crippen molar-refractivity contribution in [2.75, 3.05) is 13.1 Å². The van der Waals surface area contributed by atoms with Gasteiger partial charge < -0.3 is 15.1 Å². The molecule has 0 aromatic rings. The number of rotatable bonds is 21. The van der Waals surface area contributed by atoms with Gasteiger partial charge in [0.2, 0.25) is 5.91 Å². The molecule has 0 saturated carbocycles. The summed E-state index contributed by atoms with van der Waals surface area (Å²) in [6.07, 6.45) is 15.4. The van der Waals surface area contributed by atoms with Gasteiger partial charge in [-0.2, -0.15) is 5.06 Å². The molecule has 0 bridgehead atoms. The second kappa shape index (κ2) is 16.9. The summed E-state index contributed by atoms with van der Waals surface area (Å²) in [7, 11) is 0. The molecule has 0 aromatic carbocycles. The Labute approximate surface area is 238 Å². The van der Waals surface area contributed by atoms with Crippen molar-refractivity contribution >= 4 is 5.91 Å². The van der Waals surface area contributed by atoms with Crippen molar-refractivity contribution in [2.45, 2.75) is 103 Å². The van der Waals surface area contributed by atoms with Gasteiger partial charge in [-0.1, -0.05) is 97.1 Å². The molecule has 1 unspecified atom stereocenters. The highest BCUT2D eigenvalue weighted by molar-refractivity contribution is 5.84. The summed E-state index contributed by atoms with van der Waals surface area (Å²) < 4.78 is 0. The lowest BCUT2D eigenvalue weighted by molar-refractivity contribution is -0.129. The molecule has 1 amide bonds. The number of likely N-dealkylation sites (tertiary alicyclic amines) is 1. The topological polar surface area (TPSA) is 44.8 Å². The number of hydrogen-bond donors (Lipinski definition) is 1. The fourth-order valence-corrected chi connectivity index (χ4v) is 5.09. The number of unbranched alkanes of at least 4 members (excludes halogenated alkanes) is 7. The van der Waals surface area contributed by atoms with Gasteiger partial charge in [-0.15, -0.1) is 0 Å². The van der Waals surface area contributed by atoms with Crippen molar-refractivity contribution in [2.24, 2.45) is 5.92 Å². The lowest BCUT2D eigenvalue weighted by Gasteiger charge is -2.22. The monoisotopic (exact) mass is 535 g/mol. The SMILES string of the molecule is C=C(CCCCCCC)CN1C(=C)CC(CC(=C)C(=C)NCCCCCCC(=C)ON2C(=C)CCC2=C)C1=O. The number of nitrogens with zero attached hydrogens (tertiary/aromatic N) is 2. The van der Waals surface area contributed by atoms with Crippen molar-refractivity contribution in [3.05, 3.63) is 85.7 Å². The molecular weight excluding hydrogens is 482 g/mol. The number of hydrogen-bond acceptors (Lipinski definition) is 4. The van der Waals surface area contributed by atoms with E-state index in [0.29, 0.717) is 19.4 Å². The Morgan fingerprint density at radius 2 is 1.49 bits per heavy atom. The minimum Gasteiger partial charge on any atom is -0.385 e. The van der Waals surface area contributed by atoms with Crippen molar-refractivity contribution in [3.8, 4) is 0 Å². The van der Waals surface area contributed by atoms with Crippen molar-refractivity contribution in [3.63, 3.8) is 0 Å². The largest absolute Gasteiger partial charge is 0.385 e. The van der Waals surface area contributed by atoms with E-state index in [0.717, 1.165) is 104 Å². The minimum absolute atomic E-state index is 0.105.